The summed E-state index contributed by atoms with van der Waals surface area (Å²) in [6, 6.07) is 9.32. The smallest absolute Gasteiger partial charge is 0.356 e. The van der Waals surface area contributed by atoms with Crippen LogP contribution in [0.1, 0.15) is 12.5 Å². The Bertz CT molecular complexity index is 424. The van der Waals surface area contributed by atoms with Crippen molar-refractivity contribution in [1.29, 1.82) is 0 Å². The number of rotatable bonds is 4. The molecule has 1 aromatic rings. The van der Waals surface area contributed by atoms with E-state index < -0.39 is 5.97 Å². The molecule has 4 nitrogen and oxygen atoms in total. The number of aliphatic imine (C=N–C) groups is 1. The largest absolute Gasteiger partial charge is 0.478 e. The Morgan fingerprint density at radius 1 is 1.35 bits per heavy atom. The summed E-state index contributed by atoms with van der Waals surface area (Å²) in [4.78, 5) is 15.2. The van der Waals surface area contributed by atoms with Gasteiger partial charge in [0.25, 0.3) is 0 Å². The van der Waals surface area contributed by atoms with Gasteiger partial charge in [-0.1, -0.05) is 24.8 Å². The van der Waals surface area contributed by atoms with E-state index in [2.05, 4.69) is 16.3 Å². The average molecular weight is 233 g/mol. The fraction of sp³-hybridized carbons (Fsp3) is 0.231. The first kappa shape index (κ1) is 13.0. The van der Waals surface area contributed by atoms with Crippen LogP contribution in [0, 0.1) is 0 Å². The quantitative estimate of drug-likeness (QED) is 0.346. The minimum absolute atomic E-state index is 0.0137. The third-order valence-electron chi connectivity index (χ3n) is 1.96. The predicted octanol–water partition coefficient (Wildman–Crippen LogP) is 2.16. The Balaban J connectivity index is 2.97. The van der Waals surface area contributed by atoms with Crippen LogP contribution in [-0.2, 0) is 14.3 Å². The second kappa shape index (κ2) is 6.48. The average Bonchev–Trinajstić information content (AvgIpc) is 2.38. The Morgan fingerprint density at radius 3 is 2.53 bits per heavy atom. The molecule has 1 aromatic carbocycles. The lowest BCUT2D eigenvalue weighted by atomic mass is 10.2. The Kier molecular flexibility index (Phi) is 4.94. The Hall–Kier alpha value is -2.10. The minimum Gasteiger partial charge on any atom is -0.478 e. The SMILES string of the molecule is C=C(N=C(OCC)c1ccccc1)C(=O)OC. The molecule has 0 saturated carbocycles. The second-order valence-electron chi connectivity index (χ2n) is 3.15. The molecule has 0 fully saturated rings. The summed E-state index contributed by atoms with van der Waals surface area (Å²) >= 11 is 0. The van der Waals surface area contributed by atoms with Crippen molar-refractivity contribution in [1.82, 2.24) is 0 Å². The molecule has 1 rings (SSSR count). The lowest BCUT2D eigenvalue weighted by Gasteiger charge is -2.07. The van der Waals surface area contributed by atoms with Crippen LogP contribution in [0.2, 0.25) is 0 Å². The van der Waals surface area contributed by atoms with Gasteiger partial charge in [-0.3, -0.25) is 0 Å². The lowest BCUT2D eigenvalue weighted by Crippen LogP contribution is -2.10. The molecule has 0 amide bonds. The van der Waals surface area contributed by atoms with Crippen LogP contribution >= 0.6 is 0 Å². The zero-order chi connectivity index (χ0) is 12.7. The molecule has 0 N–H and O–H groups in total. The molecule has 0 saturated heterocycles. The summed E-state index contributed by atoms with van der Waals surface area (Å²) in [6.07, 6.45) is 0. The van der Waals surface area contributed by atoms with Gasteiger partial charge in [-0.05, 0) is 19.1 Å². The lowest BCUT2D eigenvalue weighted by molar-refractivity contribution is -0.136. The van der Waals surface area contributed by atoms with Gasteiger partial charge in [0.15, 0.2) is 0 Å². The van der Waals surface area contributed by atoms with E-state index in [4.69, 9.17) is 4.74 Å². The van der Waals surface area contributed by atoms with Crippen molar-refractivity contribution in [2.24, 2.45) is 4.99 Å². The molecule has 0 spiro atoms. The van der Waals surface area contributed by atoms with Crippen LogP contribution in [0.25, 0.3) is 0 Å². The molecule has 17 heavy (non-hydrogen) atoms. The fourth-order valence-corrected chi connectivity index (χ4v) is 1.18. The van der Waals surface area contributed by atoms with Crippen molar-refractivity contribution in [3.8, 4) is 0 Å². The van der Waals surface area contributed by atoms with Crippen LogP contribution in [0.4, 0.5) is 0 Å². The minimum atomic E-state index is -0.571. The van der Waals surface area contributed by atoms with E-state index in [9.17, 15) is 4.79 Å². The molecule has 0 aliphatic heterocycles. The van der Waals surface area contributed by atoms with E-state index in [1.165, 1.54) is 7.11 Å². The topological polar surface area (TPSA) is 47.9 Å². The number of methoxy groups -OCH3 is 1. The summed E-state index contributed by atoms with van der Waals surface area (Å²) in [6.45, 7) is 5.84. The summed E-state index contributed by atoms with van der Waals surface area (Å²) in [5, 5.41) is 0. The molecular formula is C13H15NO3. The van der Waals surface area contributed by atoms with Gasteiger partial charge in [0, 0.05) is 5.56 Å². The van der Waals surface area contributed by atoms with Gasteiger partial charge in [0.1, 0.15) is 5.70 Å². The third-order valence-corrected chi connectivity index (χ3v) is 1.96. The first-order valence-electron chi connectivity index (χ1n) is 5.23. The van der Waals surface area contributed by atoms with Crippen LogP contribution < -0.4 is 0 Å². The monoisotopic (exact) mass is 233 g/mol. The molecule has 0 aromatic heterocycles. The highest BCUT2D eigenvalue weighted by molar-refractivity contribution is 5.98. The van der Waals surface area contributed by atoms with Crippen LogP contribution in [0.3, 0.4) is 0 Å². The van der Waals surface area contributed by atoms with E-state index >= 15 is 0 Å². The molecule has 4 heteroatoms. The molecule has 90 valence electrons. The number of nitrogens with zero attached hydrogens (tertiary/aromatic N) is 1. The summed E-state index contributed by atoms with van der Waals surface area (Å²) in [5.74, 6) is -0.207. The molecule has 0 unspecified atom stereocenters. The second-order valence-corrected chi connectivity index (χ2v) is 3.15. The normalized spacial score (nSPS) is 10.8. The highest BCUT2D eigenvalue weighted by Gasteiger charge is 2.09. The van der Waals surface area contributed by atoms with Gasteiger partial charge in [-0.2, -0.15) is 0 Å². The van der Waals surface area contributed by atoms with E-state index in [0.29, 0.717) is 12.5 Å². The Labute approximate surface area is 101 Å². The molecule has 0 aliphatic carbocycles. The van der Waals surface area contributed by atoms with E-state index in [1.807, 2.05) is 37.3 Å². The number of esters is 1. The molecule has 0 atom stereocenters. The summed E-state index contributed by atoms with van der Waals surface area (Å²) in [7, 11) is 1.28. The van der Waals surface area contributed by atoms with Crippen LogP contribution in [0.5, 0.6) is 0 Å². The van der Waals surface area contributed by atoms with Crippen molar-refractivity contribution in [3.05, 3.63) is 48.2 Å². The highest BCUT2D eigenvalue weighted by Crippen LogP contribution is 2.06. The summed E-state index contributed by atoms with van der Waals surface area (Å²) in [5.41, 5.74) is 0.805. The van der Waals surface area contributed by atoms with Crippen molar-refractivity contribution in [2.45, 2.75) is 6.92 Å². The van der Waals surface area contributed by atoms with E-state index in [0.717, 1.165) is 5.56 Å². The molecular weight excluding hydrogens is 218 g/mol. The number of hydrogen-bond donors (Lipinski definition) is 0. The molecule has 0 bridgehead atoms. The van der Waals surface area contributed by atoms with E-state index in [-0.39, 0.29) is 5.70 Å². The standard InChI is InChI=1S/C13H15NO3/c1-4-17-12(11-8-6-5-7-9-11)14-10(2)13(15)16-3/h5-9H,2,4H2,1,3H3. The number of benzene rings is 1. The van der Waals surface area contributed by atoms with Crippen molar-refractivity contribution < 1.29 is 14.3 Å². The first-order chi connectivity index (χ1) is 8.19. The zero-order valence-corrected chi connectivity index (χ0v) is 9.97. The number of hydrogen-bond acceptors (Lipinski definition) is 4. The van der Waals surface area contributed by atoms with Crippen LogP contribution in [0.15, 0.2) is 47.6 Å². The maximum atomic E-state index is 11.2. The molecule has 0 heterocycles. The van der Waals surface area contributed by atoms with Crippen molar-refractivity contribution in [2.75, 3.05) is 13.7 Å². The maximum Gasteiger partial charge on any atom is 0.356 e. The van der Waals surface area contributed by atoms with E-state index in [1.54, 1.807) is 0 Å². The van der Waals surface area contributed by atoms with Crippen molar-refractivity contribution in [3.63, 3.8) is 0 Å². The number of ether oxygens (including phenoxy) is 2. The van der Waals surface area contributed by atoms with Crippen molar-refractivity contribution >= 4 is 11.9 Å². The predicted molar refractivity (Wildman–Crippen MR) is 65.8 cm³/mol. The van der Waals surface area contributed by atoms with Gasteiger partial charge >= 0.3 is 5.97 Å². The number of carbonyl (C=O) groups is 1. The number of carbonyl (C=O) groups excluding carboxylic acids is 1. The van der Waals surface area contributed by atoms with Gasteiger partial charge in [0.05, 0.1) is 13.7 Å². The molecule has 0 radical (unpaired) electrons. The highest BCUT2D eigenvalue weighted by atomic mass is 16.5. The third kappa shape index (κ3) is 3.75. The van der Waals surface area contributed by atoms with Gasteiger partial charge in [0.2, 0.25) is 5.90 Å². The molecule has 0 aliphatic rings. The van der Waals surface area contributed by atoms with Gasteiger partial charge < -0.3 is 9.47 Å². The Morgan fingerprint density at radius 2 is 2.00 bits per heavy atom. The van der Waals surface area contributed by atoms with Gasteiger partial charge in [-0.15, -0.1) is 0 Å². The summed E-state index contributed by atoms with van der Waals surface area (Å²) < 4.78 is 9.90. The van der Waals surface area contributed by atoms with Crippen LogP contribution in [-0.4, -0.2) is 25.6 Å². The zero-order valence-electron chi connectivity index (χ0n) is 9.97. The van der Waals surface area contributed by atoms with Gasteiger partial charge in [-0.25, -0.2) is 9.79 Å². The fourth-order valence-electron chi connectivity index (χ4n) is 1.18. The maximum absolute atomic E-state index is 11.2. The first-order valence-corrected chi connectivity index (χ1v) is 5.23.